The van der Waals surface area contributed by atoms with Crippen molar-refractivity contribution in [2.75, 3.05) is 13.2 Å². The van der Waals surface area contributed by atoms with E-state index in [1.165, 1.54) is 0 Å². The van der Waals surface area contributed by atoms with E-state index in [-0.39, 0.29) is 6.61 Å². The number of halogens is 3. The molecule has 0 aliphatic carbocycles. The summed E-state index contributed by atoms with van der Waals surface area (Å²) in [4.78, 5) is 0. The van der Waals surface area contributed by atoms with Crippen LogP contribution in [0.3, 0.4) is 0 Å². The van der Waals surface area contributed by atoms with Gasteiger partial charge in [-0.2, -0.15) is 13.2 Å². The van der Waals surface area contributed by atoms with E-state index in [0.29, 0.717) is 6.42 Å². The highest BCUT2D eigenvalue weighted by molar-refractivity contribution is 4.81. The van der Waals surface area contributed by atoms with Gasteiger partial charge in [-0.1, -0.05) is 6.92 Å². The van der Waals surface area contributed by atoms with Crippen LogP contribution >= 0.6 is 0 Å². The van der Waals surface area contributed by atoms with Gasteiger partial charge in [-0.25, -0.2) is 0 Å². The zero-order valence-electron chi connectivity index (χ0n) is 7.20. The third-order valence-electron chi connectivity index (χ3n) is 1.84. The van der Waals surface area contributed by atoms with Crippen LogP contribution in [-0.2, 0) is 0 Å². The van der Waals surface area contributed by atoms with Crippen LogP contribution < -0.4 is 5.32 Å². The highest BCUT2D eigenvalue weighted by Crippen LogP contribution is 2.15. The van der Waals surface area contributed by atoms with Gasteiger partial charge in [0.05, 0.1) is 13.2 Å². The highest BCUT2D eigenvalue weighted by atomic mass is 19.4. The maximum Gasteiger partial charge on any atom is 0.401 e. The second-order valence-corrected chi connectivity index (χ2v) is 3.04. The Hall–Kier alpha value is -0.290. The molecule has 0 radical (unpaired) electrons. The lowest BCUT2D eigenvalue weighted by Gasteiger charge is -2.27. The summed E-state index contributed by atoms with van der Waals surface area (Å²) in [7, 11) is 0. The molecule has 2 nitrogen and oxygen atoms in total. The molecule has 5 heteroatoms. The van der Waals surface area contributed by atoms with Gasteiger partial charge in [0.2, 0.25) is 0 Å². The summed E-state index contributed by atoms with van der Waals surface area (Å²) in [5.41, 5.74) is -0.824. The van der Waals surface area contributed by atoms with Gasteiger partial charge in [0.1, 0.15) is 0 Å². The first-order valence-electron chi connectivity index (χ1n) is 3.75. The molecule has 0 aliphatic heterocycles. The second-order valence-electron chi connectivity index (χ2n) is 3.04. The van der Waals surface area contributed by atoms with Crippen molar-refractivity contribution in [3.8, 4) is 0 Å². The fraction of sp³-hybridized carbons (Fsp3) is 1.00. The van der Waals surface area contributed by atoms with Crippen molar-refractivity contribution in [2.45, 2.75) is 32.0 Å². The van der Waals surface area contributed by atoms with Gasteiger partial charge in [0.15, 0.2) is 0 Å². The van der Waals surface area contributed by atoms with E-state index in [2.05, 4.69) is 5.32 Å². The van der Waals surface area contributed by atoms with Gasteiger partial charge in [0.25, 0.3) is 0 Å². The van der Waals surface area contributed by atoms with Crippen molar-refractivity contribution in [1.29, 1.82) is 0 Å². The molecule has 1 atom stereocenters. The quantitative estimate of drug-likeness (QED) is 0.692. The van der Waals surface area contributed by atoms with Crippen molar-refractivity contribution in [2.24, 2.45) is 0 Å². The van der Waals surface area contributed by atoms with Gasteiger partial charge in [0, 0.05) is 5.54 Å². The molecule has 0 aromatic carbocycles. The lowest BCUT2D eigenvalue weighted by atomic mass is 10.0. The Morgan fingerprint density at radius 1 is 1.33 bits per heavy atom. The van der Waals surface area contributed by atoms with Gasteiger partial charge in [-0.05, 0) is 13.3 Å². The molecule has 1 unspecified atom stereocenters. The fourth-order valence-corrected chi connectivity index (χ4v) is 0.606. The molecule has 0 aromatic heterocycles. The maximum absolute atomic E-state index is 11.7. The van der Waals surface area contributed by atoms with E-state index >= 15 is 0 Å². The molecule has 0 saturated heterocycles. The van der Waals surface area contributed by atoms with Crippen LogP contribution in [0.15, 0.2) is 0 Å². The number of rotatable bonds is 4. The summed E-state index contributed by atoms with van der Waals surface area (Å²) in [6.07, 6.45) is -3.76. The molecule has 0 saturated carbocycles. The minimum absolute atomic E-state index is 0.292. The Balaban J connectivity index is 3.89. The van der Waals surface area contributed by atoms with E-state index in [1.807, 2.05) is 0 Å². The molecular formula is C7H14F3NO. The van der Waals surface area contributed by atoms with E-state index in [4.69, 9.17) is 5.11 Å². The second kappa shape index (κ2) is 4.09. The van der Waals surface area contributed by atoms with Crippen molar-refractivity contribution in [3.05, 3.63) is 0 Å². The third-order valence-corrected chi connectivity index (χ3v) is 1.84. The fourth-order valence-electron chi connectivity index (χ4n) is 0.606. The monoisotopic (exact) mass is 185 g/mol. The molecule has 0 aliphatic rings. The summed E-state index contributed by atoms with van der Waals surface area (Å²) in [5.74, 6) is 0. The molecule has 12 heavy (non-hydrogen) atoms. The van der Waals surface area contributed by atoms with Crippen molar-refractivity contribution < 1.29 is 18.3 Å². The predicted molar refractivity (Wildman–Crippen MR) is 39.8 cm³/mol. The molecular weight excluding hydrogens is 171 g/mol. The zero-order valence-corrected chi connectivity index (χ0v) is 7.20. The molecule has 0 heterocycles. The Morgan fingerprint density at radius 3 is 2.08 bits per heavy atom. The minimum atomic E-state index is -4.22. The number of hydrogen-bond acceptors (Lipinski definition) is 2. The number of hydrogen-bond donors (Lipinski definition) is 2. The Labute approximate surface area is 69.8 Å². The Morgan fingerprint density at radius 2 is 1.83 bits per heavy atom. The summed E-state index contributed by atoms with van der Waals surface area (Å²) in [6.45, 7) is 1.93. The van der Waals surface area contributed by atoms with Crippen LogP contribution in [0.1, 0.15) is 20.3 Å². The SMILES string of the molecule is CCC(C)(CO)NCC(F)(F)F. The smallest absolute Gasteiger partial charge is 0.394 e. The molecule has 0 bridgehead atoms. The number of alkyl halides is 3. The van der Waals surface area contributed by atoms with Crippen LogP contribution in [0.5, 0.6) is 0 Å². The van der Waals surface area contributed by atoms with Gasteiger partial charge >= 0.3 is 6.18 Å². The zero-order chi connectivity index (χ0) is 9.83. The molecule has 2 N–H and O–H groups in total. The summed E-state index contributed by atoms with van der Waals surface area (Å²) < 4.78 is 35.1. The molecule has 0 fully saturated rings. The molecule has 0 rings (SSSR count). The van der Waals surface area contributed by atoms with Gasteiger partial charge in [-0.3, -0.25) is 0 Å². The normalized spacial score (nSPS) is 17.5. The number of aliphatic hydroxyl groups is 1. The van der Waals surface area contributed by atoms with Crippen LogP contribution in [0.4, 0.5) is 13.2 Å². The topological polar surface area (TPSA) is 32.3 Å². The number of aliphatic hydroxyl groups excluding tert-OH is 1. The number of nitrogens with one attached hydrogen (secondary N) is 1. The maximum atomic E-state index is 11.7. The van der Waals surface area contributed by atoms with Crippen LogP contribution in [0.2, 0.25) is 0 Å². The van der Waals surface area contributed by atoms with E-state index in [9.17, 15) is 13.2 Å². The lowest BCUT2D eigenvalue weighted by Crippen LogP contribution is -2.48. The van der Waals surface area contributed by atoms with Crippen molar-refractivity contribution >= 4 is 0 Å². The first-order chi connectivity index (χ1) is 5.33. The molecule has 74 valence electrons. The third kappa shape index (κ3) is 4.56. The van der Waals surface area contributed by atoms with Crippen LogP contribution in [0.25, 0.3) is 0 Å². The summed E-state index contributed by atoms with van der Waals surface area (Å²) >= 11 is 0. The van der Waals surface area contributed by atoms with Crippen molar-refractivity contribution in [3.63, 3.8) is 0 Å². The summed E-state index contributed by atoms with van der Waals surface area (Å²) in [5, 5.41) is 11.0. The van der Waals surface area contributed by atoms with Gasteiger partial charge < -0.3 is 10.4 Å². The molecule has 0 amide bonds. The average Bonchev–Trinajstić information content (AvgIpc) is 1.99. The molecule has 0 aromatic rings. The van der Waals surface area contributed by atoms with E-state index in [1.54, 1.807) is 13.8 Å². The predicted octanol–water partition coefficient (Wildman–Crippen LogP) is 1.30. The summed E-state index contributed by atoms with van der Waals surface area (Å²) in [6, 6.07) is 0. The minimum Gasteiger partial charge on any atom is -0.394 e. The lowest BCUT2D eigenvalue weighted by molar-refractivity contribution is -0.129. The highest BCUT2D eigenvalue weighted by Gasteiger charge is 2.31. The average molecular weight is 185 g/mol. The van der Waals surface area contributed by atoms with Crippen LogP contribution in [-0.4, -0.2) is 30.0 Å². The standard InChI is InChI=1S/C7H14F3NO/c1-3-6(2,5-12)11-4-7(8,9)10/h11-12H,3-5H2,1-2H3. The van der Waals surface area contributed by atoms with Crippen molar-refractivity contribution in [1.82, 2.24) is 5.32 Å². The van der Waals surface area contributed by atoms with E-state index < -0.39 is 18.3 Å². The van der Waals surface area contributed by atoms with Gasteiger partial charge in [-0.15, -0.1) is 0 Å². The Bertz CT molecular complexity index is 131. The largest absolute Gasteiger partial charge is 0.401 e. The van der Waals surface area contributed by atoms with E-state index in [0.717, 1.165) is 0 Å². The van der Waals surface area contributed by atoms with Crippen LogP contribution in [0, 0.1) is 0 Å². The first kappa shape index (κ1) is 11.7. The first-order valence-corrected chi connectivity index (χ1v) is 3.75. The Kier molecular flexibility index (Phi) is 3.99. The molecule has 0 spiro atoms.